The lowest BCUT2D eigenvalue weighted by Gasteiger charge is -2.47. The molecule has 0 aromatic heterocycles. The Kier molecular flexibility index (Phi) is 16.3. The number of halogens is 5. The van der Waals surface area contributed by atoms with Crippen LogP contribution in [0.5, 0.6) is 11.5 Å². The van der Waals surface area contributed by atoms with E-state index >= 15 is 13.2 Å². The second kappa shape index (κ2) is 24.3. The Morgan fingerprint density at radius 3 is 2.07 bits per heavy atom. The highest BCUT2D eigenvalue weighted by Crippen LogP contribution is 2.54. The largest absolute Gasteiger partial charge is 0.478 e. The van der Waals surface area contributed by atoms with Gasteiger partial charge in [0.1, 0.15) is 54.9 Å². The lowest BCUT2D eigenvalue weighted by atomic mass is 9.78. The molecule has 26 heteroatoms. The van der Waals surface area contributed by atoms with Crippen molar-refractivity contribution in [2.45, 2.75) is 108 Å². The zero-order chi connectivity index (χ0) is 70.5. The molecular weight excluding hydrogens is 1340 g/mol. The van der Waals surface area contributed by atoms with Gasteiger partial charge in [0.2, 0.25) is 10.7 Å². The number of carbonyl (C=O) groups excluding carboxylic acids is 6. The van der Waals surface area contributed by atoms with Gasteiger partial charge < -0.3 is 38.8 Å². The fraction of sp³-hybridized carbons (Fsp3) is 0.315. The number of allylic oxidation sites excluding steroid dienone is 2. The summed E-state index contributed by atoms with van der Waals surface area (Å²) in [5, 5.41) is 24.0. The van der Waals surface area contributed by atoms with Gasteiger partial charge in [0, 0.05) is 144 Å². The van der Waals surface area contributed by atoms with E-state index in [0.717, 1.165) is 57.4 Å². The predicted molar refractivity (Wildman–Crippen MR) is 362 cm³/mol. The van der Waals surface area contributed by atoms with E-state index in [1.54, 1.807) is 55.1 Å². The molecule has 20 nitrogen and oxygen atoms in total. The molecule has 0 saturated carbocycles. The number of nitrogens with zero attached hydrogens (tertiary/aromatic N) is 6. The number of carboxylic acids is 2. The number of benzene rings is 6. The average molecular weight is 1410 g/mol. The van der Waals surface area contributed by atoms with Crippen LogP contribution in [0.2, 0.25) is 10.0 Å². The molecule has 1 aliphatic carbocycles. The van der Waals surface area contributed by atoms with E-state index in [2.05, 4.69) is 42.4 Å². The smallest absolute Gasteiger partial charge is 0.365 e. The first-order chi connectivity index (χ1) is 47.0. The van der Waals surface area contributed by atoms with Crippen LogP contribution in [0, 0.1) is 17.5 Å². The molecule has 5 aromatic rings. The summed E-state index contributed by atoms with van der Waals surface area (Å²) in [6.45, 7) is 12.4. The van der Waals surface area contributed by atoms with Gasteiger partial charge in [-0.25, -0.2) is 41.5 Å². The minimum absolute atomic E-state index is 0.0116. The normalized spacial score (nSPS) is 18.1. The number of hydrogen-bond donors (Lipinski definition) is 2. The van der Waals surface area contributed by atoms with Crippen LogP contribution < -0.4 is 39.6 Å². The van der Waals surface area contributed by atoms with Gasteiger partial charge in [-0.2, -0.15) is 0 Å². The van der Waals surface area contributed by atoms with Crippen LogP contribution in [0.4, 0.5) is 24.5 Å². The number of rotatable bonds is 14. The molecule has 9 aliphatic rings. The number of amides is 4. The van der Waals surface area contributed by atoms with Crippen LogP contribution in [0.3, 0.4) is 0 Å². The topological polar surface area (TPSA) is 237 Å². The minimum atomic E-state index is -1.99. The summed E-state index contributed by atoms with van der Waals surface area (Å²) < 4.78 is 68.1. The molecule has 99 heavy (non-hydrogen) atoms. The zero-order valence-electron chi connectivity index (χ0n) is 54.8. The van der Waals surface area contributed by atoms with Crippen LogP contribution in [-0.4, -0.2) is 125 Å². The van der Waals surface area contributed by atoms with E-state index in [-0.39, 0.29) is 86.5 Å². The number of ether oxygens (including phenoxy) is 1. The number of imide groups is 2. The van der Waals surface area contributed by atoms with Gasteiger partial charge in [0.15, 0.2) is 17.2 Å². The molecule has 508 valence electrons. The molecule has 14 rings (SSSR count). The number of anilines is 2. The SMILES string of the molecule is CC1=CC(C)(C)N2CCCc3c4c(cc1c32)C(c1c(Cl)cc(C(=O)ON2C(=O)CCC2=O)c(Cl)c1C(=O)O)=c1cc2c3c(c1O4)CCC[N+]=3C(C)(CCN(C)c1ccc3c(-c4c(F)c(SCC(=O)ON5C(=O)CCC5=O)c(F)c(F)c4C(=O)O)c4ccc(=[N+](C)C)cc-4oc3c1)C=C2C. The molecule has 8 aliphatic heterocycles. The third-order valence-electron chi connectivity index (χ3n) is 19.8. The number of thioether (sulfide) groups is 1. The van der Waals surface area contributed by atoms with Gasteiger partial charge >= 0.3 is 23.9 Å². The Labute approximate surface area is 577 Å². The zero-order valence-corrected chi connectivity index (χ0v) is 57.1. The summed E-state index contributed by atoms with van der Waals surface area (Å²) in [5.74, 6) is -14.2. The van der Waals surface area contributed by atoms with Crippen molar-refractivity contribution in [2.75, 3.05) is 56.3 Å². The highest BCUT2D eigenvalue weighted by Gasteiger charge is 2.46. The number of fused-ring (bicyclic) bond motifs is 6. The van der Waals surface area contributed by atoms with Gasteiger partial charge in [-0.3, -0.25) is 19.2 Å². The van der Waals surface area contributed by atoms with Gasteiger partial charge in [-0.15, -0.1) is 21.9 Å². The monoisotopic (exact) mass is 1410 g/mol. The molecule has 2 saturated heterocycles. The van der Waals surface area contributed by atoms with Gasteiger partial charge in [-0.1, -0.05) is 29.3 Å². The third-order valence-corrected chi connectivity index (χ3v) is 21.5. The fourth-order valence-corrected chi connectivity index (χ4v) is 16.5. The first-order valence-corrected chi connectivity index (χ1v) is 33.8. The summed E-state index contributed by atoms with van der Waals surface area (Å²) >= 11 is 14.6. The minimum Gasteiger partial charge on any atom is -0.478 e. The van der Waals surface area contributed by atoms with Gasteiger partial charge in [0.05, 0.1) is 54.7 Å². The van der Waals surface area contributed by atoms with E-state index in [1.807, 2.05) is 37.9 Å². The molecule has 1 unspecified atom stereocenters. The highest BCUT2D eigenvalue weighted by molar-refractivity contribution is 8.00. The van der Waals surface area contributed by atoms with Crippen molar-refractivity contribution < 1.29 is 80.6 Å². The van der Waals surface area contributed by atoms with E-state index in [1.165, 1.54) is 6.07 Å². The number of carbonyl (C=O) groups is 8. The van der Waals surface area contributed by atoms with Crippen molar-refractivity contribution in [2.24, 2.45) is 0 Å². The van der Waals surface area contributed by atoms with E-state index in [0.29, 0.717) is 82.7 Å². The van der Waals surface area contributed by atoms with Crippen LogP contribution in [-0.2, 0) is 46.5 Å². The number of carboxylic acid groups (broad SMARTS) is 2. The Bertz CT molecular complexity index is 5180. The molecular formula is C73H63Cl2F3N6O14S+2. The molecule has 0 radical (unpaired) electrons. The maximum Gasteiger partial charge on any atom is 0.365 e. The summed E-state index contributed by atoms with van der Waals surface area (Å²) in [5.41, 5.74) is 4.03. The molecule has 0 spiro atoms. The van der Waals surface area contributed by atoms with Crippen LogP contribution >= 0.6 is 35.0 Å². The molecule has 2 N–H and O–H groups in total. The Morgan fingerprint density at radius 1 is 0.727 bits per heavy atom. The summed E-state index contributed by atoms with van der Waals surface area (Å²) in [6, 6.07) is 15.1. The number of aromatic carboxylic acids is 2. The maximum atomic E-state index is 17.4. The van der Waals surface area contributed by atoms with E-state index < -0.39 is 108 Å². The quantitative estimate of drug-likeness (QED) is 0.0338. The molecule has 5 aromatic carbocycles. The van der Waals surface area contributed by atoms with Crippen molar-refractivity contribution >= 4 is 122 Å². The maximum absolute atomic E-state index is 17.4. The molecule has 8 heterocycles. The molecule has 1 atom stereocenters. The Hall–Kier alpha value is -9.78. The van der Waals surface area contributed by atoms with Crippen molar-refractivity contribution in [3.8, 4) is 33.9 Å². The van der Waals surface area contributed by atoms with E-state index in [4.69, 9.17) is 42.0 Å². The van der Waals surface area contributed by atoms with Crippen molar-refractivity contribution in [1.29, 1.82) is 0 Å². The molecule has 0 bridgehead atoms. The standard InChI is InChI=1S/C73H61Cl2F3N6O14S/c1-33-30-72(3,4)81-22-9-11-39-64(81)41(33)27-43-55(56-46(74)29-45(60(75)58(56)69(90)91)71(94)98-84-51(87)19-20-52(84)88)44-28-42-34(2)31-73(5,82-23-10-12-40(65(42)82)67(44)96-66(39)43)21-24-80(8)36-14-16-38-48(26-36)95-47-25-35(79(6)7)13-15-37(47)54(38)57-59(70(92)93)61(76)63(78)68(62(57)77)99-32-53(89)97-83-49(85)17-18-50(83)86/h13-16,25-31H,9-12,17-24,32H2,1-8H3/p+2. The van der Waals surface area contributed by atoms with Crippen LogP contribution in [0.25, 0.3) is 50.1 Å². The third kappa shape index (κ3) is 10.7. The van der Waals surface area contributed by atoms with Crippen LogP contribution in [0.15, 0.2) is 76.1 Å². The Morgan fingerprint density at radius 2 is 1.39 bits per heavy atom. The number of hydrogen-bond acceptors (Lipinski definition) is 15. The van der Waals surface area contributed by atoms with Gasteiger partial charge in [-0.05, 0) is 101 Å². The van der Waals surface area contributed by atoms with Crippen LogP contribution in [0.1, 0.15) is 144 Å². The first kappa shape index (κ1) is 66.5. The summed E-state index contributed by atoms with van der Waals surface area (Å²) in [7, 11) is 5.43. The number of hydroxylamine groups is 4. The molecule has 2 fully saturated rings. The van der Waals surface area contributed by atoms with Crippen molar-refractivity contribution in [3.05, 3.63) is 160 Å². The second-order valence-corrected chi connectivity index (χ2v) is 28.5. The predicted octanol–water partition coefficient (Wildman–Crippen LogP) is 10.7. The molecule has 4 amide bonds. The average Bonchev–Trinajstić information content (AvgIpc) is 0.957. The summed E-state index contributed by atoms with van der Waals surface area (Å²) in [6.07, 6.45) is 6.80. The lowest BCUT2D eigenvalue weighted by molar-refractivity contribution is -0.195. The van der Waals surface area contributed by atoms with Crippen molar-refractivity contribution in [3.63, 3.8) is 0 Å². The van der Waals surface area contributed by atoms with E-state index in [9.17, 15) is 48.6 Å². The second-order valence-electron chi connectivity index (χ2n) is 26.7. The van der Waals surface area contributed by atoms with Gasteiger partial charge in [0.25, 0.3) is 23.6 Å². The summed E-state index contributed by atoms with van der Waals surface area (Å²) in [4.78, 5) is 117. The first-order valence-electron chi connectivity index (χ1n) is 32.1. The lowest BCUT2D eigenvalue weighted by Crippen LogP contribution is -2.55. The fourth-order valence-electron chi connectivity index (χ4n) is 15.2. The van der Waals surface area contributed by atoms with Crippen molar-refractivity contribution in [1.82, 2.24) is 19.3 Å². The highest BCUT2D eigenvalue weighted by atomic mass is 35.5. The Balaban J connectivity index is 0.879.